The molecule has 4 aromatic rings. The highest BCUT2D eigenvalue weighted by Crippen LogP contribution is 2.28. The number of methoxy groups -OCH3 is 1. The van der Waals surface area contributed by atoms with Gasteiger partial charge in [0, 0.05) is 29.1 Å². The highest BCUT2D eigenvalue weighted by atomic mass is 32.2. The second-order valence-corrected chi connectivity index (χ2v) is 8.59. The van der Waals surface area contributed by atoms with Gasteiger partial charge in [0.25, 0.3) is 11.6 Å². The van der Waals surface area contributed by atoms with Crippen molar-refractivity contribution < 1.29 is 14.5 Å². The molecule has 0 aliphatic carbocycles. The van der Waals surface area contributed by atoms with E-state index in [-0.39, 0.29) is 11.6 Å². The molecule has 3 aromatic carbocycles. The lowest BCUT2D eigenvalue weighted by atomic mass is 10.2. The number of rotatable bonds is 9. The third-order valence-corrected chi connectivity index (χ3v) is 6.25. The molecule has 4 rings (SSSR count). The van der Waals surface area contributed by atoms with Gasteiger partial charge in [0.2, 0.25) is 0 Å². The van der Waals surface area contributed by atoms with Gasteiger partial charge in [0.15, 0.2) is 11.0 Å². The van der Waals surface area contributed by atoms with Crippen LogP contribution in [0, 0.1) is 10.1 Å². The second-order valence-electron chi connectivity index (χ2n) is 7.65. The first kappa shape index (κ1) is 24.0. The number of non-ortho nitro benzene ring substituents is 1. The van der Waals surface area contributed by atoms with Crippen molar-refractivity contribution in [2.45, 2.75) is 23.9 Å². The van der Waals surface area contributed by atoms with Gasteiger partial charge in [0.1, 0.15) is 5.75 Å². The van der Waals surface area contributed by atoms with E-state index < -0.39 is 11.0 Å². The maximum atomic E-state index is 12.9. The summed E-state index contributed by atoms with van der Waals surface area (Å²) >= 11 is 1.49. The summed E-state index contributed by atoms with van der Waals surface area (Å²) in [7, 11) is 1.54. The summed E-state index contributed by atoms with van der Waals surface area (Å²) in [6.07, 6.45) is 0. The van der Waals surface area contributed by atoms with Crippen LogP contribution in [-0.2, 0) is 5.75 Å². The summed E-state index contributed by atoms with van der Waals surface area (Å²) < 4.78 is 7.02. The van der Waals surface area contributed by atoms with Gasteiger partial charge in [-0.15, -0.1) is 10.2 Å². The Morgan fingerprint density at radius 2 is 1.83 bits per heavy atom. The smallest absolute Gasteiger partial charge is 0.269 e. The number of amides is 1. The average Bonchev–Trinajstić information content (AvgIpc) is 3.32. The first-order valence-corrected chi connectivity index (χ1v) is 11.8. The maximum absolute atomic E-state index is 12.9. The summed E-state index contributed by atoms with van der Waals surface area (Å²) in [5, 5.41) is 23.4. The molecular weight excluding hydrogens is 466 g/mol. The fourth-order valence-electron chi connectivity index (χ4n) is 3.45. The first-order valence-electron chi connectivity index (χ1n) is 10.8. The van der Waals surface area contributed by atoms with Crippen LogP contribution in [0.5, 0.6) is 5.75 Å². The van der Waals surface area contributed by atoms with Gasteiger partial charge in [-0.05, 0) is 42.8 Å². The fraction of sp³-hybridized carbons (Fsp3) is 0.160. The minimum atomic E-state index is -0.498. The Bertz CT molecular complexity index is 1330. The van der Waals surface area contributed by atoms with Crippen LogP contribution >= 0.6 is 11.8 Å². The molecule has 1 unspecified atom stereocenters. The van der Waals surface area contributed by atoms with E-state index in [2.05, 4.69) is 15.5 Å². The van der Waals surface area contributed by atoms with E-state index in [1.165, 1.54) is 23.9 Å². The summed E-state index contributed by atoms with van der Waals surface area (Å²) in [4.78, 5) is 23.5. The summed E-state index contributed by atoms with van der Waals surface area (Å²) in [5.41, 5.74) is 2.22. The highest BCUT2D eigenvalue weighted by Gasteiger charge is 2.22. The van der Waals surface area contributed by atoms with Crippen molar-refractivity contribution in [2.24, 2.45) is 0 Å². The first-order chi connectivity index (χ1) is 17.0. The molecule has 0 fully saturated rings. The molecule has 35 heavy (non-hydrogen) atoms. The quantitative estimate of drug-likeness (QED) is 0.201. The van der Waals surface area contributed by atoms with E-state index in [9.17, 15) is 14.9 Å². The van der Waals surface area contributed by atoms with Gasteiger partial charge in [-0.1, -0.05) is 48.2 Å². The molecule has 10 heteroatoms. The van der Waals surface area contributed by atoms with E-state index >= 15 is 0 Å². The zero-order chi connectivity index (χ0) is 24.8. The Balaban J connectivity index is 1.63. The number of aromatic nitrogens is 3. The molecule has 0 saturated carbocycles. The van der Waals surface area contributed by atoms with Gasteiger partial charge in [-0.3, -0.25) is 19.5 Å². The lowest BCUT2D eigenvalue weighted by Gasteiger charge is -2.16. The highest BCUT2D eigenvalue weighted by molar-refractivity contribution is 7.98. The predicted molar refractivity (Wildman–Crippen MR) is 133 cm³/mol. The molecule has 0 bridgehead atoms. The van der Waals surface area contributed by atoms with Crippen LogP contribution in [0.25, 0.3) is 5.69 Å². The van der Waals surface area contributed by atoms with Crippen molar-refractivity contribution in [3.8, 4) is 11.4 Å². The van der Waals surface area contributed by atoms with Crippen molar-refractivity contribution >= 4 is 23.4 Å². The molecule has 0 saturated heterocycles. The normalized spacial score (nSPS) is 11.6. The standard InChI is InChI=1S/C25H23N5O4S/c1-17(26-24(31)19-9-6-10-22(15-19)34-2)23-27-28-25(35-16-18-7-4-3-5-8-18)29(23)20-11-13-21(14-12-20)30(32)33/h3-15,17H,16H2,1-2H3,(H,26,31). The molecule has 178 valence electrons. The van der Waals surface area contributed by atoms with E-state index in [0.29, 0.717) is 33.7 Å². The SMILES string of the molecule is COc1cccc(C(=O)NC(C)c2nnc(SCc3ccccc3)n2-c2ccc([N+](=O)[O-])cc2)c1. The third-order valence-electron chi connectivity index (χ3n) is 5.25. The minimum Gasteiger partial charge on any atom is -0.497 e. The van der Waals surface area contributed by atoms with Crippen molar-refractivity contribution in [1.29, 1.82) is 0 Å². The van der Waals surface area contributed by atoms with Crippen LogP contribution in [-0.4, -0.2) is 32.7 Å². The van der Waals surface area contributed by atoms with Gasteiger partial charge < -0.3 is 10.1 Å². The molecule has 1 heterocycles. The number of thioether (sulfide) groups is 1. The van der Waals surface area contributed by atoms with Crippen molar-refractivity contribution in [1.82, 2.24) is 20.1 Å². The average molecular weight is 490 g/mol. The summed E-state index contributed by atoms with van der Waals surface area (Å²) in [6.45, 7) is 1.82. The van der Waals surface area contributed by atoms with E-state index in [0.717, 1.165) is 5.56 Å². The number of benzene rings is 3. The van der Waals surface area contributed by atoms with Crippen LogP contribution in [0.15, 0.2) is 84.0 Å². The number of carbonyl (C=O) groups excluding carboxylic acids is 1. The Hall–Kier alpha value is -4.18. The molecule has 0 spiro atoms. The molecule has 1 amide bonds. The topological polar surface area (TPSA) is 112 Å². The monoisotopic (exact) mass is 489 g/mol. The molecule has 1 aromatic heterocycles. The molecule has 0 aliphatic heterocycles. The Morgan fingerprint density at radius 1 is 1.09 bits per heavy atom. The second kappa shape index (κ2) is 10.8. The van der Waals surface area contributed by atoms with Gasteiger partial charge in [0.05, 0.1) is 18.1 Å². The Kier molecular flexibility index (Phi) is 7.41. The number of carbonyl (C=O) groups is 1. The van der Waals surface area contributed by atoms with Gasteiger partial charge >= 0.3 is 0 Å². The molecule has 9 nitrogen and oxygen atoms in total. The number of nitrogens with zero attached hydrogens (tertiary/aromatic N) is 4. The van der Waals surface area contributed by atoms with Crippen molar-refractivity contribution in [3.05, 3.63) is 106 Å². The van der Waals surface area contributed by atoms with Crippen LogP contribution in [0.4, 0.5) is 5.69 Å². The Morgan fingerprint density at radius 3 is 2.51 bits per heavy atom. The lowest BCUT2D eigenvalue weighted by Crippen LogP contribution is -2.28. The lowest BCUT2D eigenvalue weighted by molar-refractivity contribution is -0.384. The van der Waals surface area contributed by atoms with E-state index in [1.54, 1.807) is 43.5 Å². The van der Waals surface area contributed by atoms with E-state index in [1.807, 2.05) is 41.8 Å². The molecule has 1 atom stereocenters. The zero-order valence-corrected chi connectivity index (χ0v) is 19.9. The fourth-order valence-corrected chi connectivity index (χ4v) is 4.37. The van der Waals surface area contributed by atoms with Crippen LogP contribution in [0.2, 0.25) is 0 Å². The zero-order valence-electron chi connectivity index (χ0n) is 19.1. The van der Waals surface area contributed by atoms with Crippen LogP contribution < -0.4 is 10.1 Å². The summed E-state index contributed by atoms with van der Waals surface area (Å²) in [5.74, 6) is 1.47. The van der Waals surface area contributed by atoms with Gasteiger partial charge in [-0.25, -0.2) is 0 Å². The molecule has 1 N–H and O–H groups in total. The number of ether oxygens (including phenoxy) is 1. The number of nitrogens with one attached hydrogen (secondary N) is 1. The minimum absolute atomic E-state index is 0.0127. The van der Waals surface area contributed by atoms with Crippen LogP contribution in [0.1, 0.15) is 34.7 Å². The predicted octanol–water partition coefficient (Wildman–Crippen LogP) is 4.97. The molecule has 0 aliphatic rings. The third kappa shape index (κ3) is 5.67. The molecular formula is C25H23N5O4S. The van der Waals surface area contributed by atoms with Crippen molar-refractivity contribution in [3.63, 3.8) is 0 Å². The Labute approximate surface area is 206 Å². The molecule has 0 radical (unpaired) electrons. The summed E-state index contributed by atoms with van der Waals surface area (Å²) in [6, 6.07) is 22.5. The number of hydrogen-bond acceptors (Lipinski definition) is 7. The number of hydrogen-bond donors (Lipinski definition) is 1. The largest absolute Gasteiger partial charge is 0.497 e. The van der Waals surface area contributed by atoms with Crippen LogP contribution in [0.3, 0.4) is 0 Å². The number of nitro groups is 1. The van der Waals surface area contributed by atoms with Crippen molar-refractivity contribution in [2.75, 3.05) is 7.11 Å². The maximum Gasteiger partial charge on any atom is 0.269 e. The van der Waals surface area contributed by atoms with Gasteiger partial charge in [-0.2, -0.15) is 0 Å². The number of nitro benzene ring substituents is 1. The van der Waals surface area contributed by atoms with E-state index in [4.69, 9.17) is 4.74 Å².